The maximum Gasteiger partial charge on any atom is 0.430 e. The Morgan fingerprint density at radius 1 is 1.12 bits per heavy atom. The summed E-state index contributed by atoms with van der Waals surface area (Å²) in [6.45, 7) is 4.98. The molecule has 3 heterocycles. The van der Waals surface area contributed by atoms with E-state index in [1.807, 2.05) is 11.3 Å². The Morgan fingerprint density at radius 3 is 2.48 bits per heavy atom. The molecule has 2 aromatic rings. The number of nitrogens with two attached hydrogens (primary N) is 1. The van der Waals surface area contributed by atoms with E-state index in [2.05, 4.69) is 53.2 Å². The van der Waals surface area contributed by atoms with Crippen molar-refractivity contribution in [1.82, 2.24) is 9.88 Å². The van der Waals surface area contributed by atoms with E-state index in [-0.39, 0.29) is 17.4 Å². The highest BCUT2D eigenvalue weighted by molar-refractivity contribution is 7.11. The van der Waals surface area contributed by atoms with Crippen molar-refractivity contribution in [3.63, 3.8) is 0 Å². The molecule has 11 heteroatoms. The molecular weight excluding hydrogens is 565 g/mol. The summed E-state index contributed by atoms with van der Waals surface area (Å²) in [4.78, 5) is 32.0. The first kappa shape index (κ1) is 30.9. The number of nitrogens with zero attached hydrogens (tertiary/aromatic N) is 2. The Morgan fingerprint density at radius 2 is 1.81 bits per heavy atom. The quantitative estimate of drug-likeness (QED) is 0.558. The van der Waals surface area contributed by atoms with Crippen LogP contribution in [0.1, 0.15) is 90.9 Å². The summed E-state index contributed by atoms with van der Waals surface area (Å²) < 4.78 is 31.5. The number of hydrogen-bond acceptors (Lipinski definition) is 5. The predicted octanol–water partition coefficient (Wildman–Crippen LogP) is 2.61. The Hall–Kier alpha value is -2.50. The number of rotatable bonds is 3. The van der Waals surface area contributed by atoms with E-state index in [0.717, 1.165) is 50.3 Å². The Bertz CT molecular complexity index is 1250. The molecule has 42 heavy (non-hydrogen) atoms. The number of likely N-dealkylation sites (tertiary alicyclic amines) is 1. The number of piperidine rings is 1. The normalized spacial score (nSPS) is 30.0. The van der Waals surface area contributed by atoms with E-state index < -0.39 is 12.1 Å². The van der Waals surface area contributed by atoms with Crippen LogP contribution in [0.5, 0.6) is 0 Å². The summed E-state index contributed by atoms with van der Waals surface area (Å²) in [7, 11) is 0. The van der Waals surface area contributed by atoms with E-state index in [9.17, 15) is 18.0 Å². The lowest BCUT2D eigenvalue weighted by atomic mass is 9.67. The number of amides is 1. The molecule has 0 bridgehead atoms. The highest BCUT2D eigenvalue weighted by atomic mass is 32.1. The van der Waals surface area contributed by atoms with Gasteiger partial charge in [0.15, 0.2) is 0 Å². The summed E-state index contributed by atoms with van der Waals surface area (Å²) in [5.74, 6) is -1.24. The zero-order chi connectivity index (χ0) is 30.1. The molecule has 3 fully saturated rings. The first-order valence-electron chi connectivity index (χ1n) is 15.3. The fourth-order valence-corrected chi connectivity index (χ4v) is 9.25. The SMILES string of the molecule is Cc1nc2c(s1)[C@]1(CCC2[NH3+])C[NH2+]CC1C(=O)N1CC[C@@H](c2ccccc2)C[C@H]1C1CCCCC1.O=C([O-])C(F)(F)F. The Labute approximate surface area is 249 Å². The van der Waals surface area contributed by atoms with Gasteiger partial charge in [0.1, 0.15) is 23.6 Å². The second-order valence-corrected chi connectivity index (χ2v) is 13.7. The van der Waals surface area contributed by atoms with Gasteiger partial charge in [-0.15, -0.1) is 11.3 Å². The lowest BCUT2D eigenvalue weighted by molar-refractivity contribution is -0.640. The molecule has 1 spiro atoms. The summed E-state index contributed by atoms with van der Waals surface area (Å²) in [5.41, 5.74) is 7.03. The van der Waals surface area contributed by atoms with Gasteiger partial charge < -0.3 is 25.9 Å². The summed E-state index contributed by atoms with van der Waals surface area (Å²) >= 11 is 1.84. The maximum atomic E-state index is 14.5. The number of carbonyl (C=O) groups excluding carboxylic acids is 2. The van der Waals surface area contributed by atoms with Crippen molar-refractivity contribution in [2.24, 2.45) is 11.8 Å². The number of quaternary nitrogens is 2. The van der Waals surface area contributed by atoms with Crippen molar-refractivity contribution in [2.75, 3.05) is 19.6 Å². The third kappa shape index (κ3) is 6.24. The highest BCUT2D eigenvalue weighted by Crippen LogP contribution is 2.49. The standard InChI is InChI=1S/C29H40N4OS.C2HF3O2/c1-19-32-26-24(30)12-14-29(27(26)35-19)18-31-17-23(29)28(34)33-15-13-22(20-8-4-2-5-9-20)16-25(33)21-10-6-3-7-11-21;3-2(4,5)1(6)7/h2,4-5,8-9,21-25,31H,3,6-7,10-18,30H2,1H3;(H,6,7)/p+1/t22-,23?,24?,25+,29-;/m1./s1. The lowest BCUT2D eigenvalue weighted by Crippen LogP contribution is -2.82. The largest absolute Gasteiger partial charge is 0.542 e. The van der Waals surface area contributed by atoms with Crippen molar-refractivity contribution in [3.05, 3.63) is 51.5 Å². The average Bonchev–Trinajstić information content (AvgIpc) is 3.60. The van der Waals surface area contributed by atoms with Crippen LogP contribution in [-0.4, -0.2) is 53.6 Å². The minimum atomic E-state index is -5.19. The van der Waals surface area contributed by atoms with Crippen LogP contribution < -0.4 is 16.2 Å². The van der Waals surface area contributed by atoms with E-state index >= 15 is 0 Å². The van der Waals surface area contributed by atoms with Crippen LogP contribution >= 0.6 is 11.3 Å². The monoisotopic (exact) mass is 607 g/mol. The van der Waals surface area contributed by atoms with E-state index in [1.54, 1.807) is 0 Å². The molecule has 2 aliphatic carbocycles. The van der Waals surface area contributed by atoms with Crippen LogP contribution in [0.25, 0.3) is 0 Å². The van der Waals surface area contributed by atoms with Crippen LogP contribution in [0.3, 0.4) is 0 Å². The van der Waals surface area contributed by atoms with E-state index in [4.69, 9.17) is 14.9 Å². The predicted molar refractivity (Wildman–Crippen MR) is 150 cm³/mol. The van der Waals surface area contributed by atoms with Gasteiger partial charge in [0.2, 0.25) is 5.91 Å². The molecule has 2 saturated heterocycles. The van der Waals surface area contributed by atoms with Crippen LogP contribution in [0.15, 0.2) is 30.3 Å². The molecule has 1 amide bonds. The number of aromatic nitrogens is 1. The molecule has 2 unspecified atom stereocenters. The zero-order valence-corrected chi connectivity index (χ0v) is 25.0. The summed E-state index contributed by atoms with van der Waals surface area (Å²) in [6.07, 6.45) is 5.76. The first-order valence-corrected chi connectivity index (χ1v) is 16.1. The first-order chi connectivity index (χ1) is 20.0. The zero-order valence-electron chi connectivity index (χ0n) is 24.2. The molecule has 5 N–H and O–H groups in total. The number of carboxylic acids is 1. The number of thiazole rings is 1. The molecule has 1 saturated carbocycles. The third-order valence-electron chi connectivity index (χ3n) is 10.0. The third-order valence-corrected chi connectivity index (χ3v) is 11.2. The van der Waals surface area contributed by atoms with Crippen LogP contribution in [0.2, 0.25) is 0 Å². The number of halogens is 3. The van der Waals surface area contributed by atoms with Gasteiger partial charge in [-0.25, -0.2) is 4.98 Å². The summed E-state index contributed by atoms with van der Waals surface area (Å²) in [6, 6.07) is 11.7. The van der Waals surface area contributed by atoms with Gasteiger partial charge in [0.05, 0.1) is 23.5 Å². The molecule has 7 nitrogen and oxygen atoms in total. The molecule has 6 rings (SSSR count). The minimum Gasteiger partial charge on any atom is -0.542 e. The van der Waals surface area contributed by atoms with Gasteiger partial charge in [-0.2, -0.15) is 13.2 Å². The van der Waals surface area contributed by atoms with Gasteiger partial charge in [-0.05, 0) is 56.4 Å². The number of alkyl halides is 3. The molecule has 1 aromatic heterocycles. The van der Waals surface area contributed by atoms with Crippen LogP contribution in [-0.2, 0) is 15.0 Å². The Balaban J connectivity index is 0.000000451. The molecule has 5 atom stereocenters. The number of carbonyl (C=O) groups is 2. The average molecular weight is 608 g/mol. The maximum absolute atomic E-state index is 14.5. The van der Waals surface area contributed by atoms with Gasteiger partial charge in [0.25, 0.3) is 0 Å². The van der Waals surface area contributed by atoms with Crippen molar-refractivity contribution in [3.8, 4) is 0 Å². The Kier molecular flexibility index (Phi) is 9.30. The topological polar surface area (TPSA) is 118 Å². The fraction of sp³-hybridized carbons (Fsp3) is 0.645. The van der Waals surface area contributed by atoms with Crippen molar-refractivity contribution in [1.29, 1.82) is 0 Å². The van der Waals surface area contributed by atoms with Crippen LogP contribution in [0.4, 0.5) is 13.2 Å². The number of hydrogen-bond donors (Lipinski definition) is 2. The molecule has 230 valence electrons. The van der Waals surface area contributed by atoms with Gasteiger partial charge >= 0.3 is 6.18 Å². The minimum absolute atomic E-state index is 0.0417. The lowest BCUT2D eigenvalue weighted by Gasteiger charge is -2.47. The molecular formula is C31H42F3N4O3S+. The second-order valence-electron chi connectivity index (χ2n) is 12.5. The summed E-state index contributed by atoms with van der Waals surface area (Å²) in [5, 5.41) is 12.3. The smallest absolute Gasteiger partial charge is 0.430 e. The van der Waals surface area contributed by atoms with Crippen LogP contribution in [0, 0.1) is 18.8 Å². The van der Waals surface area contributed by atoms with E-state index in [0.29, 0.717) is 23.8 Å². The number of benzene rings is 1. The van der Waals surface area contributed by atoms with Gasteiger partial charge in [0, 0.05) is 23.9 Å². The molecule has 2 aliphatic heterocycles. The van der Waals surface area contributed by atoms with Crippen molar-refractivity contribution < 1.29 is 38.9 Å². The van der Waals surface area contributed by atoms with Crippen molar-refractivity contribution >= 4 is 23.2 Å². The van der Waals surface area contributed by atoms with E-state index in [1.165, 1.54) is 48.2 Å². The molecule has 4 aliphatic rings. The molecule has 0 radical (unpaired) electrons. The fourth-order valence-electron chi connectivity index (χ4n) is 7.96. The number of fused-ring (bicyclic) bond motifs is 2. The molecule has 1 aromatic carbocycles. The van der Waals surface area contributed by atoms with Crippen molar-refractivity contribution in [2.45, 2.75) is 94.3 Å². The van der Waals surface area contributed by atoms with Gasteiger partial charge in [-0.3, -0.25) is 4.79 Å². The number of aryl methyl sites for hydroxylation is 1. The highest BCUT2D eigenvalue weighted by Gasteiger charge is 2.57. The second kappa shape index (κ2) is 12.6. The number of carboxylic acid groups (broad SMARTS) is 1. The van der Waals surface area contributed by atoms with Gasteiger partial charge in [-0.1, -0.05) is 49.6 Å². The number of aliphatic carboxylic acids is 1.